The van der Waals surface area contributed by atoms with Crippen LogP contribution in [0.2, 0.25) is 5.02 Å². The Morgan fingerprint density at radius 1 is 1.33 bits per heavy atom. The molecule has 1 atom stereocenters. The van der Waals surface area contributed by atoms with Gasteiger partial charge in [-0.05, 0) is 12.1 Å². The van der Waals surface area contributed by atoms with Crippen molar-refractivity contribution >= 4 is 17.3 Å². The Morgan fingerprint density at radius 2 is 2.14 bits per heavy atom. The van der Waals surface area contributed by atoms with E-state index in [2.05, 4.69) is 15.3 Å². The Balaban J connectivity index is 2.06. The van der Waals surface area contributed by atoms with Crippen molar-refractivity contribution in [3.8, 4) is 5.75 Å². The summed E-state index contributed by atoms with van der Waals surface area (Å²) in [4.78, 5) is 27.4. The quantitative estimate of drug-likeness (QED) is 0.601. The number of ether oxygens (including phenoxy) is 1. The molecule has 21 heavy (non-hydrogen) atoms. The van der Waals surface area contributed by atoms with Crippen LogP contribution in [0, 0.1) is 0 Å². The van der Waals surface area contributed by atoms with Crippen molar-refractivity contribution in [3.63, 3.8) is 0 Å². The van der Waals surface area contributed by atoms with Gasteiger partial charge in [0.05, 0.1) is 18.0 Å². The van der Waals surface area contributed by atoms with Crippen molar-refractivity contribution in [3.05, 3.63) is 55.8 Å². The third kappa shape index (κ3) is 2.30. The first-order valence-corrected chi connectivity index (χ1v) is 6.56. The third-order valence-corrected chi connectivity index (χ3v) is 3.61. The van der Waals surface area contributed by atoms with Gasteiger partial charge in [-0.2, -0.15) is 0 Å². The number of halogens is 1. The Hall–Kier alpha value is -2.25. The van der Waals surface area contributed by atoms with Crippen molar-refractivity contribution in [1.82, 2.24) is 9.97 Å². The van der Waals surface area contributed by atoms with Gasteiger partial charge >= 0.3 is 11.1 Å². The topological polar surface area (TPSA) is 107 Å². The summed E-state index contributed by atoms with van der Waals surface area (Å²) in [7, 11) is 0. The highest BCUT2D eigenvalue weighted by Gasteiger charge is 2.38. The molecule has 1 unspecified atom stereocenters. The van der Waals surface area contributed by atoms with Gasteiger partial charge in [0.1, 0.15) is 17.9 Å². The zero-order valence-corrected chi connectivity index (χ0v) is 11.5. The van der Waals surface area contributed by atoms with Crippen LogP contribution >= 0.6 is 11.6 Å². The summed E-state index contributed by atoms with van der Waals surface area (Å²) < 4.78 is 5.61. The van der Waals surface area contributed by atoms with Crippen molar-refractivity contribution in [2.75, 3.05) is 18.5 Å². The van der Waals surface area contributed by atoms with E-state index < -0.39 is 16.7 Å². The Labute approximate surface area is 123 Å². The average Bonchev–Trinajstić information content (AvgIpc) is 2.49. The first kappa shape index (κ1) is 13.7. The predicted molar refractivity (Wildman–Crippen MR) is 77.0 cm³/mol. The SMILES string of the molecule is O=c1[nH]cc(C2(CO)COc3cc(Cl)ccc3N2)[nH]c1=O. The minimum absolute atomic E-state index is 0.0683. The average molecular weight is 310 g/mol. The molecule has 1 aromatic carbocycles. The van der Waals surface area contributed by atoms with E-state index in [0.717, 1.165) is 0 Å². The lowest BCUT2D eigenvalue weighted by Crippen LogP contribution is -2.49. The largest absolute Gasteiger partial charge is 0.488 e. The smallest absolute Gasteiger partial charge is 0.313 e. The minimum atomic E-state index is -1.05. The first-order valence-electron chi connectivity index (χ1n) is 6.18. The van der Waals surface area contributed by atoms with E-state index >= 15 is 0 Å². The number of rotatable bonds is 2. The highest BCUT2D eigenvalue weighted by atomic mass is 35.5. The second-order valence-corrected chi connectivity index (χ2v) is 5.22. The summed E-state index contributed by atoms with van der Waals surface area (Å²) >= 11 is 5.89. The molecule has 0 saturated heterocycles. The van der Waals surface area contributed by atoms with E-state index in [1.54, 1.807) is 18.2 Å². The van der Waals surface area contributed by atoms with Crippen molar-refractivity contribution in [1.29, 1.82) is 0 Å². The normalized spacial score (nSPS) is 20.3. The molecule has 0 aliphatic carbocycles. The summed E-state index contributed by atoms with van der Waals surface area (Å²) in [5.74, 6) is 0.554. The number of fused-ring (bicyclic) bond motifs is 1. The molecular weight excluding hydrogens is 298 g/mol. The minimum Gasteiger partial charge on any atom is -0.488 e. The third-order valence-electron chi connectivity index (χ3n) is 3.38. The molecule has 0 bridgehead atoms. The van der Waals surface area contributed by atoms with Crippen molar-refractivity contribution in [2.24, 2.45) is 0 Å². The number of hydrogen-bond donors (Lipinski definition) is 4. The van der Waals surface area contributed by atoms with Crippen LogP contribution in [0.3, 0.4) is 0 Å². The van der Waals surface area contributed by atoms with Gasteiger partial charge in [0, 0.05) is 17.3 Å². The fraction of sp³-hybridized carbons (Fsp3) is 0.231. The van der Waals surface area contributed by atoms with E-state index in [-0.39, 0.29) is 13.2 Å². The number of benzene rings is 1. The lowest BCUT2D eigenvalue weighted by Gasteiger charge is -2.38. The molecule has 7 nitrogen and oxygen atoms in total. The van der Waals surface area contributed by atoms with E-state index in [9.17, 15) is 14.7 Å². The number of nitrogens with one attached hydrogen (secondary N) is 3. The molecule has 3 rings (SSSR count). The molecule has 0 saturated carbocycles. The van der Waals surface area contributed by atoms with E-state index in [0.29, 0.717) is 22.2 Å². The maximum atomic E-state index is 11.5. The van der Waals surface area contributed by atoms with Gasteiger partial charge < -0.3 is 25.1 Å². The zero-order chi connectivity index (χ0) is 15.0. The van der Waals surface area contributed by atoms with E-state index in [4.69, 9.17) is 16.3 Å². The molecule has 4 N–H and O–H groups in total. The lowest BCUT2D eigenvalue weighted by molar-refractivity contribution is 0.135. The van der Waals surface area contributed by atoms with Crippen LogP contribution in [0.15, 0.2) is 34.0 Å². The predicted octanol–water partition coefficient (Wildman–Crippen LogP) is 0.409. The fourth-order valence-electron chi connectivity index (χ4n) is 2.21. The van der Waals surface area contributed by atoms with E-state index in [1.807, 2.05) is 0 Å². The molecule has 1 aliphatic rings. The van der Waals surface area contributed by atoms with E-state index in [1.165, 1.54) is 6.20 Å². The fourth-order valence-corrected chi connectivity index (χ4v) is 2.37. The highest BCUT2D eigenvalue weighted by molar-refractivity contribution is 6.30. The number of hydrogen-bond acceptors (Lipinski definition) is 5. The number of anilines is 1. The van der Waals surface area contributed by atoms with Crippen LogP contribution in [-0.2, 0) is 5.54 Å². The maximum absolute atomic E-state index is 11.5. The van der Waals surface area contributed by atoms with Gasteiger partial charge in [0.25, 0.3) is 0 Å². The number of aliphatic hydroxyl groups excluding tert-OH is 1. The Bertz CT molecular complexity index is 800. The molecule has 8 heteroatoms. The summed E-state index contributed by atoms with van der Waals surface area (Å²) in [6, 6.07) is 5.05. The number of aromatic amines is 2. The summed E-state index contributed by atoms with van der Waals surface area (Å²) in [6.07, 6.45) is 1.34. The summed E-state index contributed by atoms with van der Waals surface area (Å²) in [5.41, 5.74) is -1.63. The van der Waals surface area contributed by atoms with Gasteiger partial charge in [-0.15, -0.1) is 0 Å². The standard InChI is InChI=1S/C13H12ClN3O4/c14-7-1-2-8-9(3-7)21-6-13(5-18,17-8)10-4-15-11(19)12(20)16-10/h1-4,17-18H,5-6H2,(H,15,19)(H,16,20). The monoisotopic (exact) mass is 309 g/mol. The van der Waals surface area contributed by atoms with Crippen LogP contribution in [0.5, 0.6) is 5.75 Å². The lowest BCUT2D eigenvalue weighted by atomic mass is 9.95. The molecule has 2 aromatic rings. The number of aromatic nitrogens is 2. The van der Waals surface area contributed by atoms with Crippen LogP contribution in [0.4, 0.5) is 5.69 Å². The molecular formula is C13H12ClN3O4. The van der Waals surface area contributed by atoms with Gasteiger partial charge in [0.2, 0.25) is 0 Å². The first-order chi connectivity index (χ1) is 10.0. The highest BCUT2D eigenvalue weighted by Crippen LogP contribution is 2.37. The van der Waals surface area contributed by atoms with Crippen molar-refractivity contribution < 1.29 is 9.84 Å². The van der Waals surface area contributed by atoms with Crippen LogP contribution in [0.25, 0.3) is 0 Å². The summed E-state index contributed by atoms with van der Waals surface area (Å²) in [5, 5.41) is 13.4. The molecule has 0 fully saturated rings. The Morgan fingerprint density at radius 3 is 2.86 bits per heavy atom. The zero-order valence-electron chi connectivity index (χ0n) is 10.8. The molecule has 0 radical (unpaired) electrons. The molecule has 1 aromatic heterocycles. The maximum Gasteiger partial charge on any atom is 0.313 e. The van der Waals surface area contributed by atoms with Gasteiger partial charge in [-0.3, -0.25) is 9.59 Å². The molecule has 110 valence electrons. The van der Waals surface area contributed by atoms with Gasteiger partial charge in [0.15, 0.2) is 0 Å². The van der Waals surface area contributed by atoms with Crippen LogP contribution in [-0.4, -0.2) is 28.3 Å². The molecule has 1 aliphatic heterocycles. The second kappa shape index (κ2) is 4.94. The van der Waals surface area contributed by atoms with Crippen LogP contribution < -0.4 is 21.2 Å². The number of H-pyrrole nitrogens is 2. The second-order valence-electron chi connectivity index (χ2n) is 4.78. The molecule has 0 spiro atoms. The summed E-state index contributed by atoms with van der Waals surface area (Å²) in [6.45, 7) is -0.268. The van der Waals surface area contributed by atoms with Crippen molar-refractivity contribution in [2.45, 2.75) is 5.54 Å². The molecule has 0 amide bonds. The Kier molecular flexibility index (Phi) is 3.23. The van der Waals surface area contributed by atoms with Gasteiger partial charge in [-0.25, -0.2) is 0 Å². The molecule has 2 heterocycles. The van der Waals surface area contributed by atoms with Crippen LogP contribution in [0.1, 0.15) is 5.69 Å². The van der Waals surface area contributed by atoms with Gasteiger partial charge in [-0.1, -0.05) is 11.6 Å². The number of aliphatic hydroxyl groups is 1.